The highest BCUT2D eigenvalue weighted by Gasteiger charge is 2.28. The van der Waals surface area contributed by atoms with Crippen LogP contribution in [0.4, 0.5) is 10.5 Å². The number of unbranched alkanes of at least 4 members (excludes halogenated alkanes) is 2. The molecule has 2 amide bonds. The Hall–Kier alpha value is -2.78. The van der Waals surface area contributed by atoms with Gasteiger partial charge in [0.2, 0.25) is 0 Å². The minimum atomic E-state index is -0.574. The number of aliphatic hydroxyl groups is 1. The van der Waals surface area contributed by atoms with E-state index in [-0.39, 0.29) is 23.4 Å². The average molecular weight is 495 g/mol. The summed E-state index contributed by atoms with van der Waals surface area (Å²) in [6.45, 7) is 7.69. The van der Waals surface area contributed by atoms with E-state index in [1.165, 1.54) is 0 Å². The molecule has 0 bridgehead atoms. The molecule has 0 saturated carbocycles. The normalized spacial score (nSPS) is 14.9. The molecule has 1 aliphatic heterocycles. The molecule has 1 heterocycles. The van der Waals surface area contributed by atoms with Crippen molar-refractivity contribution in [2.45, 2.75) is 45.6 Å². The van der Waals surface area contributed by atoms with Gasteiger partial charge in [-0.15, -0.1) is 0 Å². The van der Waals surface area contributed by atoms with E-state index in [0.717, 1.165) is 25.5 Å². The summed E-state index contributed by atoms with van der Waals surface area (Å²) in [5.41, 5.74) is 0.187. The lowest BCUT2D eigenvalue weighted by Gasteiger charge is -2.37. The van der Waals surface area contributed by atoms with E-state index in [2.05, 4.69) is 5.32 Å². The van der Waals surface area contributed by atoms with Gasteiger partial charge in [0.05, 0.1) is 18.0 Å². The van der Waals surface area contributed by atoms with E-state index in [0.29, 0.717) is 44.2 Å². The van der Waals surface area contributed by atoms with Crippen LogP contribution in [0, 0.1) is 5.41 Å². The number of allylic oxidation sites excluding steroid dienone is 1. The Kier molecular flexibility index (Phi) is 10.7. The van der Waals surface area contributed by atoms with Gasteiger partial charge in [-0.25, -0.2) is 4.79 Å². The molecule has 0 spiro atoms. The van der Waals surface area contributed by atoms with Gasteiger partial charge in [-0.1, -0.05) is 23.7 Å². The fourth-order valence-corrected chi connectivity index (χ4v) is 3.53. The highest BCUT2D eigenvalue weighted by atomic mass is 35.5. The third kappa shape index (κ3) is 8.53. The number of ether oxygens (including phenoxy) is 2. The van der Waals surface area contributed by atoms with Crippen molar-refractivity contribution >= 4 is 35.5 Å². The molecule has 34 heavy (non-hydrogen) atoms. The van der Waals surface area contributed by atoms with Crippen LogP contribution in [0.1, 0.15) is 40.0 Å². The SMILES string of the molecule is CC(C)(C)OC(=O)N1CCN(C(C=N)=C(Cl)C(=O)Nc2ccccc2OCCCCCO)CC1. The van der Waals surface area contributed by atoms with E-state index in [4.69, 9.17) is 31.6 Å². The van der Waals surface area contributed by atoms with Crippen molar-refractivity contribution < 1.29 is 24.2 Å². The van der Waals surface area contributed by atoms with Crippen molar-refractivity contribution in [3.63, 3.8) is 0 Å². The number of aliphatic hydroxyl groups excluding tert-OH is 1. The first kappa shape index (κ1) is 27.5. The van der Waals surface area contributed by atoms with E-state index in [1.807, 2.05) is 26.8 Å². The highest BCUT2D eigenvalue weighted by molar-refractivity contribution is 6.45. The summed E-state index contributed by atoms with van der Waals surface area (Å²) in [4.78, 5) is 28.5. The van der Waals surface area contributed by atoms with Gasteiger partial charge in [0.15, 0.2) is 0 Å². The minimum Gasteiger partial charge on any atom is -0.491 e. The number of hydrogen-bond acceptors (Lipinski definition) is 7. The molecule has 2 rings (SSSR count). The number of anilines is 1. The molecule has 1 aromatic rings. The summed E-state index contributed by atoms with van der Waals surface area (Å²) >= 11 is 6.39. The Morgan fingerprint density at radius 1 is 1.12 bits per heavy atom. The number of halogens is 1. The van der Waals surface area contributed by atoms with Gasteiger partial charge in [-0.3, -0.25) is 4.79 Å². The van der Waals surface area contributed by atoms with Crippen molar-refractivity contribution in [1.82, 2.24) is 9.80 Å². The van der Waals surface area contributed by atoms with Crippen molar-refractivity contribution in [3.8, 4) is 5.75 Å². The van der Waals surface area contributed by atoms with Gasteiger partial charge in [-0.2, -0.15) is 0 Å². The lowest BCUT2D eigenvalue weighted by molar-refractivity contribution is -0.112. The van der Waals surface area contributed by atoms with Crippen LogP contribution in [0.2, 0.25) is 0 Å². The Labute approximate surface area is 206 Å². The Bertz CT molecular complexity index is 876. The molecule has 1 aromatic carbocycles. The first-order valence-corrected chi connectivity index (χ1v) is 11.8. The largest absolute Gasteiger partial charge is 0.491 e. The average Bonchev–Trinajstić information content (AvgIpc) is 2.79. The van der Waals surface area contributed by atoms with Crippen molar-refractivity contribution in [2.24, 2.45) is 0 Å². The number of carbonyl (C=O) groups excluding carboxylic acids is 2. The number of benzene rings is 1. The summed E-state index contributed by atoms with van der Waals surface area (Å²) in [5, 5.41) is 19.3. The quantitative estimate of drug-likeness (QED) is 0.259. The molecule has 1 aliphatic rings. The highest BCUT2D eigenvalue weighted by Crippen LogP contribution is 2.26. The first-order chi connectivity index (χ1) is 16.2. The van der Waals surface area contributed by atoms with E-state index >= 15 is 0 Å². The van der Waals surface area contributed by atoms with Gasteiger partial charge >= 0.3 is 6.09 Å². The van der Waals surface area contributed by atoms with Crippen LogP contribution in [-0.4, -0.2) is 78.1 Å². The molecule has 1 saturated heterocycles. The van der Waals surface area contributed by atoms with Gasteiger partial charge < -0.3 is 35.1 Å². The van der Waals surface area contributed by atoms with E-state index in [1.54, 1.807) is 28.0 Å². The predicted octanol–water partition coefficient (Wildman–Crippen LogP) is 3.82. The number of carbonyl (C=O) groups is 2. The molecule has 0 aliphatic carbocycles. The van der Waals surface area contributed by atoms with Crippen molar-refractivity contribution in [1.29, 1.82) is 5.41 Å². The number of rotatable bonds is 10. The summed E-state index contributed by atoms with van der Waals surface area (Å²) in [6.07, 6.45) is 3.03. The van der Waals surface area contributed by atoms with Gasteiger partial charge in [0.1, 0.15) is 16.4 Å². The van der Waals surface area contributed by atoms with Crippen LogP contribution in [0.5, 0.6) is 5.75 Å². The van der Waals surface area contributed by atoms with E-state index in [9.17, 15) is 9.59 Å². The molecule has 0 unspecified atom stereocenters. The second kappa shape index (κ2) is 13.2. The second-order valence-electron chi connectivity index (χ2n) is 8.88. The number of nitrogens with one attached hydrogen (secondary N) is 2. The Balaban J connectivity index is 2.00. The lowest BCUT2D eigenvalue weighted by Crippen LogP contribution is -2.50. The molecule has 3 N–H and O–H groups in total. The third-order valence-corrected chi connectivity index (χ3v) is 5.39. The Morgan fingerprint density at radius 2 is 1.76 bits per heavy atom. The van der Waals surface area contributed by atoms with Crippen LogP contribution in [-0.2, 0) is 9.53 Å². The maximum absolute atomic E-state index is 12.9. The number of piperazine rings is 1. The summed E-state index contributed by atoms with van der Waals surface area (Å²) in [7, 11) is 0. The monoisotopic (exact) mass is 494 g/mol. The van der Waals surface area contributed by atoms with Crippen molar-refractivity contribution in [2.75, 3.05) is 44.7 Å². The van der Waals surface area contributed by atoms with Crippen LogP contribution in [0.3, 0.4) is 0 Å². The predicted molar refractivity (Wildman–Crippen MR) is 133 cm³/mol. The summed E-state index contributed by atoms with van der Waals surface area (Å²) in [5.74, 6) is -0.0298. The summed E-state index contributed by atoms with van der Waals surface area (Å²) < 4.78 is 11.2. The standard InChI is InChI=1S/C24H35ClN4O5/c1-24(2,3)34-23(32)29-13-11-28(12-14-29)19(17-26)21(25)22(31)27-18-9-5-6-10-20(18)33-16-8-4-7-15-30/h5-6,9-10,17,26,30H,4,7-8,11-16H2,1-3H3,(H,27,31). The molecule has 9 nitrogen and oxygen atoms in total. The second-order valence-corrected chi connectivity index (χ2v) is 9.26. The molecule has 0 aromatic heterocycles. The number of nitrogens with zero attached hydrogens (tertiary/aromatic N) is 2. The molecule has 188 valence electrons. The maximum Gasteiger partial charge on any atom is 0.410 e. The first-order valence-electron chi connectivity index (χ1n) is 11.4. The number of para-hydroxylation sites is 2. The van der Waals surface area contributed by atoms with Crippen LogP contribution in [0.25, 0.3) is 0 Å². The molecule has 1 fully saturated rings. The minimum absolute atomic E-state index is 0.113. The van der Waals surface area contributed by atoms with Crippen LogP contribution >= 0.6 is 11.6 Å². The smallest absolute Gasteiger partial charge is 0.410 e. The molecular formula is C24H35ClN4O5. The van der Waals surface area contributed by atoms with Gasteiger partial charge in [-0.05, 0) is 52.2 Å². The molecule has 10 heteroatoms. The van der Waals surface area contributed by atoms with Crippen LogP contribution in [0.15, 0.2) is 35.0 Å². The van der Waals surface area contributed by atoms with Gasteiger partial charge in [0, 0.05) is 39.0 Å². The molecular weight excluding hydrogens is 460 g/mol. The fraction of sp³-hybridized carbons (Fsp3) is 0.542. The zero-order valence-electron chi connectivity index (χ0n) is 20.1. The number of hydrogen-bond donors (Lipinski definition) is 3. The Morgan fingerprint density at radius 3 is 2.38 bits per heavy atom. The maximum atomic E-state index is 12.9. The van der Waals surface area contributed by atoms with Crippen LogP contribution < -0.4 is 10.1 Å². The number of amides is 2. The zero-order valence-corrected chi connectivity index (χ0v) is 20.9. The fourth-order valence-electron chi connectivity index (χ4n) is 3.31. The van der Waals surface area contributed by atoms with E-state index < -0.39 is 11.5 Å². The lowest BCUT2D eigenvalue weighted by atomic mass is 10.2. The molecule has 0 radical (unpaired) electrons. The zero-order chi connectivity index (χ0) is 25.1. The third-order valence-electron chi connectivity index (χ3n) is 5.03. The molecule has 0 atom stereocenters. The van der Waals surface area contributed by atoms with Crippen molar-refractivity contribution in [3.05, 3.63) is 35.0 Å². The van der Waals surface area contributed by atoms with Gasteiger partial charge in [0.25, 0.3) is 5.91 Å². The topological polar surface area (TPSA) is 115 Å². The summed E-state index contributed by atoms with van der Waals surface area (Å²) in [6, 6.07) is 7.06.